The van der Waals surface area contributed by atoms with E-state index < -0.39 is 0 Å². The van der Waals surface area contributed by atoms with Crippen LogP contribution in [0.4, 0.5) is 0 Å². The Morgan fingerprint density at radius 2 is 1.86 bits per heavy atom. The van der Waals surface area contributed by atoms with Crippen LogP contribution in [0.15, 0.2) is 41.4 Å². The van der Waals surface area contributed by atoms with Crippen molar-refractivity contribution < 1.29 is 5.11 Å². The first kappa shape index (κ1) is 17.5. The van der Waals surface area contributed by atoms with Gasteiger partial charge in [0.05, 0.1) is 5.02 Å². The summed E-state index contributed by atoms with van der Waals surface area (Å²) in [5.41, 5.74) is 1.64. The van der Waals surface area contributed by atoms with Gasteiger partial charge in [0.2, 0.25) is 0 Å². The lowest BCUT2D eigenvalue weighted by Crippen LogP contribution is -1.91. The van der Waals surface area contributed by atoms with E-state index in [1.165, 1.54) is 6.07 Å². The highest BCUT2D eigenvalue weighted by Crippen LogP contribution is 2.30. The molecule has 2 nitrogen and oxygen atoms in total. The molecule has 0 amide bonds. The minimum Gasteiger partial charge on any atom is -0.506 e. The van der Waals surface area contributed by atoms with E-state index in [0.29, 0.717) is 17.1 Å². The first-order valence-corrected chi connectivity index (χ1v) is 8.86. The van der Waals surface area contributed by atoms with Gasteiger partial charge in [0, 0.05) is 39.9 Å². The molecule has 2 rings (SSSR count). The minimum atomic E-state index is -0.00135. The Hall–Kier alpha value is -0.870. The van der Waals surface area contributed by atoms with E-state index in [4.69, 9.17) is 34.8 Å². The van der Waals surface area contributed by atoms with E-state index >= 15 is 0 Å². The fourth-order valence-electron chi connectivity index (χ4n) is 1.76. The van der Waals surface area contributed by atoms with Gasteiger partial charge in [-0.15, -0.1) is 0 Å². The molecule has 0 heterocycles. The lowest BCUT2D eigenvalue weighted by Gasteiger charge is -2.03. The van der Waals surface area contributed by atoms with Crippen molar-refractivity contribution in [2.45, 2.75) is 5.75 Å². The molecule has 0 aliphatic heterocycles. The van der Waals surface area contributed by atoms with Crippen LogP contribution in [-0.2, 0) is 5.75 Å². The van der Waals surface area contributed by atoms with Crippen molar-refractivity contribution in [2.75, 3.05) is 12.3 Å². The summed E-state index contributed by atoms with van der Waals surface area (Å²) in [5.74, 6) is 1.71. The number of halogens is 3. The number of thioether (sulfide) groups is 1. The fourth-order valence-corrected chi connectivity index (χ4v) is 3.40. The number of aromatic hydroxyl groups is 1. The van der Waals surface area contributed by atoms with Gasteiger partial charge in [-0.2, -0.15) is 11.8 Å². The molecule has 0 bridgehead atoms. The SMILES string of the molecule is Oc1c(Cl)cc(Cl)cc1/C=N/CCSCc1ccccc1Cl. The molecule has 2 aromatic carbocycles. The summed E-state index contributed by atoms with van der Waals surface area (Å²) in [6.07, 6.45) is 1.59. The molecule has 1 N–H and O–H groups in total. The van der Waals surface area contributed by atoms with Gasteiger partial charge in [-0.05, 0) is 23.8 Å². The molecule has 2 aromatic rings. The van der Waals surface area contributed by atoms with Crippen LogP contribution in [0.2, 0.25) is 15.1 Å². The van der Waals surface area contributed by atoms with Crippen LogP contribution in [0.3, 0.4) is 0 Å². The molecular weight excluding hydrogens is 361 g/mol. The van der Waals surface area contributed by atoms with Gasteiger partial charge in [0.1, 0.15) is 5.75 Å². The predicted octanol–water partition coefficient (Wildman–Crippen LogP) is 5.70. The molecule has 0 unspecified atom stereocenters. The Labute approximate surface area is 149 Å². The highest BCUT2D eigenvalue weighted by atomic mass is 35.5. The van der Waals surface area contributed by atoms with Crippen LogP contribution in [0.1, 0.15) is 11.1 Å². The quantitative estimate of drug-likeness (QED) is 0.519. The minimum absolute atomic E-state index is 0.00135. The summed E-state index contributed by atoms with van der Waals surface area (Å²) < 4.78 is 0. The summed E-state index contributed by atoms with van der Waals surface area (Å²) in [6, 6.07) is 10.9. The second-order valence-electron chi connectivity index (χ2n) is 4.50. The molecule has 0 spiro atoms. The summed E-state index contributed by atoms with van der Waals surface area (Å²) in [5, 5.41) is 11.3. The van der Waals surface area contributed by atoms with Crippen molar-refractivity contribution >= 4 is 52.8 Å². The fraction of sp³-hybridized carbons (Fsp3) is 0.188. The summed E-state index contributed by atoms with van der Waals surface area (Å²) in [7, 11) is 0. The summed E-state index contributed by atoms with van der Waals surface area (Å²) in [4.78, 5) is 4.28. The van der Waals surface area contributed by atoms with Crippen LogP contribution < -0.4 is 0 Å². The molecule has 0 aromatic heterocycles. The summed E-state index contributed by atoms with van der Waals surface area (Å²) in [6.45, 7) is 0.638. The Morgan fingerprint density at radius 1 is 1.09 bits per heavy atom. The first-order chi connectivity index (χ1) is 10.6. The van der Waals surface area contributed by atoms with Crippen molar-refractivity contribution in [3.8, 4) is 5.75 Å². The number of phenols is 1. The van der Waals surface area contributed by atoms with Crippen LogP contribution in [-0.4, -0.2) is 23.6 Å². The maximum atomic E-state index is 9.80. The molecule has 22 heavy (non-hydrogen) atoms. The average molecular weight is 375 g/mol. The zero-order valence-electron chi connectivity index (χ0n) is 11.6. The molecule has 0 aliphatic carbocycles. The maximum absolute atomic E-state index is 9.80. The van der Waals surface area contributed by atoms with Crippen LogP contribution in [0.25, 0.3) is 0 Å². The molecule has 0 saturated heterocycles. The number of phenolic OH excluding ortho intramolecular Hbond substituents is 1. The monoisotopic (exact) mass is 373 g/mol. The number of rotatable bonds is 6. The predicted molar refractivity (Wildman–Crippen MR) is 98.2 cm³/mol. The highest BCUT2D eigenvalue weighted by molar-refractivity contribution is 7.98. The zero-order valence-corrected chi connectivity index (χ0v) is 14.7. The van der Waals surface area contributed by atoms with E-state index in [9.17, 15) is 5.11 Å². The number of benzene rings is 2. The Balaban J connectivity index is 1.81. The number of hydrogen-bond donors (Lipinski definition) is 1. The zero-order chi connectivity index (χ0) is 15.9. The second-order valence-corrected chi connectivity index (χ2v) is 6.86. The lowest BCUT2D eigenvalue weighted by molar-refractivity contribution is 0.475. The number of aliphatic imine (C=N–C) groups is 1. The molecule has 0 aliphatic rings. The first-order valence-electron chi connectivity index (χ1n) is 6.57. The van der Waals surface area contributed by atoms with Gasteiger partial charge in [0.25, 0.3) is 0 Å². The van der Waals surface area contributed by atoms with E-state index in [1.54, 1.807) is 24.0 Å². The number of nitrogens with zero attached hydrogens (tertiary/aromatic N) is 1. The smallest absolute Gasteiger partial charge is 0.143 e. The van der Waals surface area contributed by atoms with E-state index in [2.05, 4.69) is 4.99 Å². The van der Waals surface area contributed by atoms with Gasteiger partial charge < -0.3 is 5.11 Å². The van der Waals surface area contributed by atoms with E-state index in [1.807, 2.05) is 24.3 Å². The van der Waals surface area contributed by atoms with Gasteiger partial charge >= 0.3 is 0 Å². The maximum Gasteiger partial charge on any atom is 0.143 e. The highest BCUT2D eigenvalue weighted by Gasteiger charge is 2.05. The van der Waals surface area contributed by atoms with Gasteiger partial charge in [-0.3, -0.25) is 4.99 Å². The van der Waals surface area contributed by atoms with E-state index in [0.717, 1.165) is 22.1 Å². The van der Waals surface area contributed by atoms with Crippen molar-refractivity contribution in [2.24, 2.45) is 4.99 Å². The molecule has 0 radical (unpaired) electrons. The van der Waals surface area contributed by atoms with Crippen LogP contribution >= 0.6 is 46.6 Å². The number of hydrogen-bond acceptors (Lipinski definition) is 3. The van der Waals surface area contributed by atoms with Gasteiger partial charge in [-0.1, -0.05) is 53.0 Å². The van der Waals surface area contributed by atoms with Crippen molar-refractivity contribution in [3.63, 3.8) is 0 Å². The van der Waals surface area contributed by atoms with Crippen molar-refractivity contribution in [1.29, 1.82) is 0 Å². The summed E-state index contributed by atoms with van der Waals surface area (Å²) >= 11 is 19.6. The van der Waals surface area contributed by atoms with Crippen LogP contribution in [0, 0.1) is 0 Å². The molecule has 6 heteroatoms. The van der Waals surface area contributed by atoms with Crippen molar-refractivity contribution in [1.82, 2.24) is 0 Å². The van der Waals surface area contributed by atoms with Crippen LogP contribution in [0.5, 0.6) is 5.75 Å². The van der Waals surface area contributed by atoms with Crippen molar-refractivity contribution in [3.05, 3.63) is 62.6 Å². The van der Waals surface area contributed by atoms with Gasteiger partial charge in [0.15, 0.2) is 0 Å². The van der Waals surface area contributed by atoms with Gasteiger partial charge in [-0.25, -0.2) is 0 Å². The third kappa shape index (κ3) is 5.10. The molecule has 0 atom stereocenters. The topological polar surface area (TPSA) is 32.6 Å². The Bertz CT molecular complexity index is 676. The molecule has 0 fully saturated rings. The molecular formula is C16H14Cl3NOS. The molecule has 116 valence electrons. The average Bonchev–Trinajstić information content (AvgIpc) is 2.49. The normalized spacial score (nSPS) is 11.2. The van der Waals surface area contributed by atoms with E-state index in [-0.39, 0.29) is 10.8 Å². The Morgan fingerprint density at radius 3 is 2.64 bits per heavy atom. The standard InChI is InChI=1S/C16H14Cl3NOS/c17-13-7-12(16(21)15(19)8-13)9-20-5-6-22-10-11-3-1-2-4-14(11)18/h1-4,7-9,21H,5-6,10H2/b20-9+. The molecule has 0 saturated carbocycles. The second kappa shape index (κ2) is 8.68. The lowest BCUT2D eigenvalue weighted by atomic mass is 10.2. The third-order valence-electron chi connectivity index (χ3n) is 2.87. The third-order valence-corrected chi connectivity index (χ3v) is 4.73. The largest absolute Gasteiger partial charge is 0.506 e. The Kier molecular flexibility index (Phi) is 6.90.